The van der Waals surface area contributed by atoms with Gasteiger partial charge in [-0.25, -0.2) is 14.8 Å². The van der Waals surface area contributed by atoms with E-state index in [1.54, 1.807) is 25.1 Å². The number of fused-ring (bicyclic) bond motifs is 1. The lowest BCUT2D eigenvalue weighted by atomic mass is 10.2. The topological polar surface area (TPSA) is 81.2 Å². The third-order valence-electron chi connectivity index (χ3n) is 4.27. The van der Waals surface area contributed by atoms with Crippen LogP contribution in [0.25, 0.3) is 11.0 Å². The Labute approximate surface area is 157 Å². The van der Waals surface area contributed by atoms with E-state index in [-0.39, 0.29) is 5.91 Å². The zero-order valence-electron chi connectivity index (χ0n) is 15.5. The van der Waals surface area contributed by atoms with E-state index in [0.717, 1.165) is 17.0 Å². The van der Waals surface area contributed by atoms with Crippen LogP contribution in [0.1, 0.15) is 34.2 Å². The fourth-order valence-corrected chi connectivity index (χ4v) is 2.57. The second kappa shape index (κ2) is 7.95. The molecule has 0 saturated carbocycles. The van der Waals surface area contributed by atoms with Crippen molar-refractivity contribution in [3.63, 3.8) is 0 Å². The van der Waals surface area contributed by atoms with Gasteiger partial charge in [0, 0.05) is 6.54 Å². The molecule has 0 saturated heterocycles. The average Bonchev–Trinajstić information content (AvgIpc) is 2.67. The summed E-state index contributed by atoms with van der Waals surface area (Å²) in [4.78, 5) is 33.4. The maximum atomic E-state index is 12.4. The first-order chi connectivity index (χ1) is 12.9. The lowest BCUT2D eigenvalue weighted by molar-refractivity contribution is -0.129. The number of hydrogen-bond acceptors (Lipinski definition) is 5. The Hall–Kier alpha value is -3.28. The van der Waals surface area contributed by atoms with Gasteiger partial charge in [-0.2, -0.15) is 0 Å². The number of carbonyl (C=O) groups is 2. The number of nitrogens with zero attached hydrogens (tertiary/aromatic N) is 2. The van der Waals surface area contributed by atoms with Crippen molar-refractivity contribution in [3.8, 4) is 0 Å². The molecule has 0 bridgehead atoms. The molecule has 27 heavy (non-hydrogen) atoms. The van der Waals surface area contributed by atoms with Crippen LogP contribution in [0.5, 0.6) is 0 Å². The van der Waals surface area contributed by atoms with E-state index in [2.05, 4.69) is 15.3 Å². The SMILES string of the molecule is Cc1nc2ccc(C(=O)O[C@@H](C)C(=O)NCc3ccccc3)cc2nc1C. The summed E-state index contributed by atoms with van der Waals surface area (Å²) in [5.41, 5.74) is 4.30. The third-order valence-corrected chi connectivity index (χ3v) is 4.27. The predicted octanol–water partition coefficient (Wildman–Crippen LogP) is 3.11. The summed E-state index contributed by atoms with van der Waals surface area (Å²) in [6.07, 6.45) is -0.900. The minimum atomic E-state index is -0.900. The highest BCUT2D eigenvalue weighted by molar-refractivity contribution is 5.95. The normalized spacial score (nSPS) is 11.8. The number of nitrogens with one attached hydrogen (secondary N) is 1. The molecule has 0 spiro atoms. The van der Waals surface area contributed by atoms with Crippen molar-refractivity contribution in [1.29, 1.82) is 0 Å². The largest absolute Gasteiger partial charge is 0.449 e. The summed E-state index contributed by atoms with van der Waals surface area (Å²) >= 11 is 0. The molecule has 1 aromatic heterocycles. The summed E-state index contributed by atoms with van der Waals surface area (Å²) in [6.45, 7) is 5.68. The van der Waals surface area contributed by atoms with Gasteiger partial charge in [0.1, 0.15) is 0 Å². The van der Waals surface area contributed by atoms with Crippen LogP contribution in [0, 0.1) is 13.8 Å². The number of aryl methyl sites for hydroxylation is 2. The smallest absolute Gasteiger partial charge is 0.338 e. The first-order valence-corrected chi connectivity index (χ1v) is 8.71. The van der Waals surface area contributed by atoms with Gasteiger partial charge in [-0.1, -0.05) is 30.3 Å². The maximum absolute atomic E-state index is 12.4. The van der Waals surface area contributed by atoms with Gasteiger partial charge in [0.2, 0.25) is 0 Å². The van der Waals surface area contributed by atoms with Crippen molar-refractivity contribution in [2.45, 2.75) is 33.4 Å². The minimum Gasteiger partial charge on any atom is -0.449 e. The molecule has 1 atom stereocenters. The third kappa shape index (κ3) is 4.47. The predicted molar refractivity (Wildman–Crippen MR) is 102 cm³/mol. The molecule has 3 aromatic rings. The summed E-state index contributed by atoms with van der Waals surface area (Å²) in [5.74, 6) is -0.918. The molecule has 1 N–H and O–H groups in total. The number of amides is 1. The number of rotatable bonds is 5. The van der Waals surface area contributed by atoms with Crippen molar-refractivity contribution in [2.24, 2.45) is 0 Å². The second-order valence-electron chi connectivity index (χ2n) is 6.35. The zero-order chi connectivity index (χ0) is 19.4. The number of benzene rings is 2. The number of aromatic nitrogens is 2. The van der Waals surface area contributed by atoms with Gasteiger partial charge in [-0.05, 0) is 44.5 Å². The van der Waals surface area contributed by atoms with Crippen molar-refractivity contribution < 1.29 is 14.3 Å². The van der Waals surface area contributed by atoms with E-state index in [1.807, 2.05) is 44.2 Å². The molecule has 1 amide bonds. The molecule has 0 aliphatic heterocycles. The van der Waals surface area contributed by atoms with Crippen LogP contribution in [-0.4, -0.2) is 27.9 Å². The van der Waals surface area contributed by atoms with Crippen LogP contribution in [0.4, 0.5) is 0 Å². The fourth-order valence-electron chi connectivity index (χ4n) is 2.57. The number of hydrogen-bond donors (Lipinski definition) is 1. The maximum Gasteiger partial charge on any atom is 0.338 e. The van der Waals surface area contributed by atoms with E-state index in [0.29, 0.717) is 23.1 Å². The van der Waals surface area contributed by atoms with Crippen molar-refractivity contribution in [2.75, 3.05) is 0 Å². The van der Waals surface area contributed by atoms with Gasteiger partial charge >= 0.3 is 5.97 Å². The highest BCUT2D eigenvalue weighted by Crippen LogP contribution is 2.15. The van der Waals surface area contributed by atoms with Gasteiger partial charge in [-0.3, -0.25) is 4.79 Å². The lowest BCUT2D eigenvalue weighted by Gasteiger charge is -2.14. The molecule has 2 aromatic carbocycles. The first-order valence-electron chi connectivity index (χ1n) is 8.71. The summed E-state index contributed by atoms with van der Waals surface area (Å²) in [6, 6.07) is 14.5. The van der Waals surface area contributed by atoms with Gasteiger partial charge in [0.25, 0.3) is 5.91 Å². The Morgan fingerprint density at radius 3 is 2.37 bits per heavy atom. The molecule has 0 aliphatic carbocycles. The van der Waals surface area contributed by atoms with E-state index in [4.69, 9.17) is 4.74 Å². The van der Waals surface area contributed by atoms with Gasteiger partial charge in [0.05, 0.1) is 28.0 Å². The minimum absolute atomic E-state index is 0.336. The van der Waals surface area contributed by atoms with E-state index >= 15 is 0 Å². The Kier molecular flexibility index (Phi) is 5.45. The quantitative estimate of drug-likeness (QED) is 0.705. The van der Waals surface area contributed by atoms with E-state index < -0.39 is 12.1 Å². The molecule has 0 radical (unpaired) electrons. The second-order valence-corrected chi connectivity index (χ2v) is 6.35. The summed E-state index contributed by atoms with van der Waals surface area (Å²) < 4.78 is 5.29. The summed E-state index contributed by atoms with van der Waals surface area (Å²) in [7, 11) is 0. The average molecular weight is 363 g/mol. The van der Waals surface area contributed by atoms with Crippen LogP contribution >= 0.6 is 0 Å². The molecule has 138 valence electrons. The highest BCUT2D eigenvalue weighted by atomic mass is 16.5. The standard InChI is InChI=1S/C21H21N3O3/c1-13-14(2)24-19-11-17(9-10-18(19)23-13)21(26)27-15(3)20(25)22-12-16-7-5-4-6-8-16/h4-11,15H,12H2,1-3H3,(H,22,25)/t15-/m0/s1. The van der Waals surface area contributed by atoms with Crippen LogP contribution in [0.2, 0.25) is 0 Å². The van der Waals surface area contributed by atoms with Crippen molar-refractivity contribution in [3.05, 3.63) is 71.0 Å². The molecule has 1 heterocycles. The Balaban J connectivity index is 1.64. The molecule has 0 unspecified atom stereocenters. The highest BCUT2D eigenvalue weighted by Gasteiger charge is 2.19. The number of esters is 1. The van der Waals surface area contributed by atoms with Gasteiger partial charge < -0.3 is 10.1 Å². The van der Waals surface area contributed by atoms with Gasteiger partial charge in [0.15, 0.2) is 6.10 Å². The Morgan fingerprint density at radius 2 is 1.67 bits per heavy atom. The van der Waals surface area contributed by atoms with E-state index in [9.17, 15) is 9.59 Å². The number of ether oxygens (including phenoxy) is 1. The zero-order valence-corrected chi connectivity index (χ0v) is 15.5. The molecule has 3 rings (SSSR count). The van der Waals surface area contributed by atoms with Gasteiger partial charge in [-0.15, -0.1) is 0 Å². The lowest BCUT2D eigenvalue weighted by Crippen LogP contribution is -2.35. The molecular formula is C21H21N3O3. The molecular weight excluding hydrogens is 342 g/mol. The molecule has 0 aliphatic rings. The van der Waals surface area contributed by atoms with Crippen LogP contribution < -0.4 is 5.32 Å². The summed E-state index contributed by atoms with van der Waals surface area (Å²) in [5, 5.41) is 2.76. The van der Waals surface area contributed by atoms with Crippen LogP contribution in [0.3, 0.4) is 0 Å². The van der Waals surface area contributed by atoms with Crippen LogP contribution in [0.15, 0.2) is 48.5 Å². The van der Waals surface area contributed by atoms with Crippen LogP contribution in [-0.2, 0) is 16.1 Å². The first kappa shape index (κ1) is 18.5. The Bertz CT molecular complexity index is 987. The fraction of sp³-hybridized carbons (Fsp3) is 0.238. The molecule has 6 heteroatoms. The Morgan fingerprint density at radius 1 is 1.00 bits per heavy atom. The van der Waals surface area contributed by atoms with E-state index in [1.165, 1.54) is 0 Å². The molecule has 6 nitrogen and oxygen atoms in total. The van der Waals surface area contributed by atoms with Crippen molar-refractivity contribution >= 4 is 22.9 Å². The molecule has 0 fully saturated rings. The monoisotopic (exact) mass is 363 g/mol. The number of carbonyl (C=O) groups excluding carboxylic acids is 2. The van der Waals surface area contributed by atoms with Crippen molar-refractivity contribution in [1.82, 2.24) is 15.3 Å².